The van der Waals surface area contributed by atoms with Crippen molar-refractivity contribution in [2.75, 3.05) is 5.32 Å². The lowest BCUT2D eigenvalue weighted by atomic mass is 10.0. The molecule has 0 saturated carbocycles. The van der Waals surface area contributed by atoms with Gasteiger partial charge in [0.2, 0.25) is 5.91 Å². The number of nitrogens with one attached hydrogen (secondary N) is 1. The van der Waals surface area contributed by atoms with E-state index in [0.29, 0.717) is 12.1 Å². The van der Waals surface area contributed by atoms with Crippen molar-refractivity contribution in [2.45, 2.75) is 13.3 Å². The lowest BCUT2D eigenvalue weighted by Gasteiger charge is -2.10. The van der Waals surface area contributed by atoms with E-state index in [0.717, 1.165) is 11.1 Å². The first-order valence-corrected chi connectivity index (χ1v) is 6.35. The average molecular weight is 265 g/mol. The van der Waals surface area contributed by atoms with Gasteiger partial charge in [-0.3, -0.25) is 9.78 Å². The van der Waals surface area contributed by atoms with Gasteiger partial charge in [0.1, 0.15) is 5.92 Å². The summed E-state index contributed by atoms with van der Waals surface area (Å²) in [7, 11) is 0. The smallest absolute Gasteiger partial charge is 0.242 e. The van der Waals surface area contributed by atoms with Gasteiger partial charge in [-0.1, -0.05) is 23.8 Å². The van der Waals surface area contributed by atoms with Crippen LogP contribution >= 0.6 is 0 Å². The summed E-state index contributed by atoms with van der Waals surface area (Å²) in [4.78, 5) is 16.1. The number of benzene rings is 1. The fourth-order valence-corrected chi connectivity index (χ4v) is 1.82. The quantitative estimate of drug-likeness (QED) is 0.924. The van der Waals surface area contributed by atoms with Crippen LogP contribution in [-0.2, 0) is 11.2 Å². The van der Waals surface area contributed by atoms with Gasteiger partial charge in [0.15, 0.2) is 0 Å². The summed E-state index contributed by atoms with van der Waals surface area (Å²) in [6.45, 7) is 1.98. The molecule has 0 radical (unpaired) electrons. The Balaban J connectivity index is 2.03. The Kier molecular flexibility index (Phi) is 4.46. The molecule has 2 aromatic rings. The minimum atomic E-state index is -0.722. The zero-order chi connectivity index (χ0) is 14.4. The molecule has 0 aliphatic heterocycles. The Morgan fingerprint density at radius 3 is 2.70 bits per heavy atom. The molecule has 0 aliphatic rings. The van der Waals surface area contributed by atoms with Crippen molar-refractivity contribution in [3.8, 4) is 6.07 Å². The van der Waals surface area contributed by atoms with E-state index in [2.05, 4.69) is 10.3 Å². The summed E-state index contributed by atoms with van der Waals surface area (Å²) in [5.41, 5.74) is 2.69. The van der Waals surface area contributed by atoms with Gasteiger partial charge in [-0.2, -0.15) is 5.26 Å². The van der Waals surface area contributed by atoms with Gasteiger partial charge in [-0.05, 0) is 37.1 Å². The number of carbonyl (C=O) groups excluding carboxylic acids is 1. The van der Waals surface area contributed by atoms with Crippen LogP contribution in [0.2, 0.25) is 0 Å². The molecule has 1 atom stereocenters. The van der Waals surface area contributed by atoms with Gasteiger partial charge >= 0.3 is 0 Å². The van der Waals surface area contributed by atoms with E-state index in [-0.39, 0.29) is 5.91 Å². The van der Waals surface area contributed by atoms with Gasteiger partial charge in [-0.25, -0.2) is 0 Å². The van der Waals surface area contributed by atoms with Crippen LogP contribution < -0.4 is 5.32 Å². The minimum absolute atomic E-state index is 0.291. The summed E-state index contributed by atoms with van der Waals surface area (Å²) in [6.07, 6.45) is 3.70. The van der Waals surface area contributed by atoms with Crippen molar-refractivity contribution in [3.63, 3.8) is 0 Å². The highest BCUT2D eigenvalue weighted by Crippen LogP contribution is 2.13. The lowest BCUT2D eigenvalue weighted by molar-refractivity contribution is -0.118. The third-order valence-electron chi connectivity index (χ3n) is 2.95. The maximum absolute atomic E-state index is 12.1. The molecule has 4 heteroatoms. The van der Waals surface area contributed by atoms with Crippen LogP contribution in [0.3, 0.4) is 0 Å². The van der Waals surface area contributed by atoms with Crippen molar-refractivity contribution >= 4 is 11.6 Å². The summed E-state index contributed by atoms with van der Waals surface area (Å²) in [5.74, 6) is -1.01. The number of hydrogen-bond donors (Lipinski definition) is 1. The summed E-state index contributed by atoms with van der Waals surface area (Å²) in [5, 5.41) is 11.9. The molecule has 1 aromatic heterocycles. The molecule has 0 bridgehead atoms. The number of anilines is 1. The topological polar surface area (TPSA) is 65.8 Å². The number of pyridine rings is 1. The molecular formula is C16H15N3O. The average Bonchev–Trinajstić information content (AvgIpc) is 2.48. The highest BCUT2D eigenvalue weighted by molar-refractivity contribution is 5.94. The van der Waals surface area contributed by atoms with Crippen LogP contribution in [0.25, 0.3) is 0 Å². The van der Waals surface area contributed by atoms with Crippen molar-refractivity contribution in [1.29, 1.82) is 5.26 Å². The molecule has 2 rings (SSSR count). The largest absolute Gasteiger partial charge is 0.325 e. The van der Waals surface area contributed by atoms with E-state index in [1.54, 1.807) is 18.5 Å². The van der Waals surface area contributed by atoms with E-state index in [1.807, 2.05) is 43.3 Å². The van der Waals surface area contributed by atoms with E-state index in [1.165, 1.54) is 0 Å². The normalized spacial score (nSPS) is 11.4. The molecule has 1 N–H and O–H groups in total. The summed E-state index contributed by atoms with van der Waals surface area (Å²) in [6, 6.07) is 13.2. The van der Waals surface area contributed by atoms with Crippen LogP contribution in [0, 0.1) is 24.2 Å². The van der Waals surface area contributed by atoms with Crippen molar-refractivity contribution in [3.05, 3.63) is 59.9 Å². The summed E-state index contributed by atoms with van der Waals surface area (Å²) >= 11 is 0. The Bertz CT molecular complexity index is 614. The van der Waals surface area contributed by atoms with E-state index < -0.39 is 5.92 Å². The Hall–Kier alpha value is -2.67. The van der Waals surface area contributed by atoms with Crippen LogP contribution in [-0.4, -0.2) is 10.9 Å². The Morgan fingerprint density at radius 1 is 1.35 bits per heavy atom. The minimum Gasteiger partial charge on any atom is -0.325 e. The second-order valence-corrected chi connectivity index (χ2v) is 4.60. The molecule has 100 valence electrons. The first-order valence-electron chi connectivity index (χ1n) is 6.35. The van der Waals surface area contributed by atoms with Gasteiger partial charge < -0.3 is 5.32 Å². The molecule has 0 aliphatic carbocycles. The molecule has 20 heavy (non-hydrogen) atoms. The number of hydrogen-bond acceptors (Lipinski definition) is 3. The molecule has 0 fully saturated rings. The lowest BCUT2D eigenvalue weighted by Crippen LogP contribution is -2.23. The predicted molar refractivity (Wildman–Crippen MR) is 76.9 cm³/mol. The van der Waals surface area contributed by atoms with Crippen molar-refractivity contribution in [1.82, 2.24) is 4.98 Å². The van der Waals surface area contributed by atoms with E-state index in [4.69, 9.17) is 5.26 Å². The molecule has 0 spiro atoms. The summed E-state index contributed by atoms with van der Waals surface area (Å²) < 4.78 is 0. The number of carbonyl (C=O) groups is 1. The highest BCUT2D eigenvalue weighted by atomic mass is 16.1. The number of aromatic nitrogens is 1. The third kappa shape index (κ3) is 3.66. The SMILES string of the molecule is Cc1ccc(NC(=O)[C@@H](C#N)Cc2cccnc2)cc1. The third-order valence-corrected chi connectivity index (χ3v) is 2.95. The van der Waals surface area contributed by atoms with Crippen LogP contribution in [0.4, 0.5) is 5.69 Å². The van der Waals surface area contributed by atoms with Gasteiger partial charge in [0.25, 0.3) is 0 Å². The zero-order valence-electron chi connectivity index (χ0n) is 11.2. The van der Waals surface area contributed by atoms with E-state index in [9.17, 15) is 4.79 Å². The van der Waals surface area contributed by atoms with Crippen LogP contribution in [0.5, 0.6) is 0 Å². The molecule has 1 amide bonds. The Labute approximate surface area is 118 Å². The van der Waals surface area contributed by atoms with E-state index >= 15 is 0 Å². The molecule has 1 aromatic carbocycles. The molecule has 0 saturated heterocycles. The fourth-order valence-electron chi connectivity index (χ4n) is 1.82. The Morgan fingerprint density at radius 2 is 2.10 bits per heavy atom. The highest BCUT2D eigenvalue weighted by Gasteiger charge is 2.18. The number of nitrogens with zero attached hydrogens (tertiary/aromatic N) is 2. The maximum atomic E-state index is 12.1. The van der Waals surface area contributed by atoms with Crippen molar-refractivity contribution in [2.24, 2.45) is 5.92 Å². The van der Waals surface area contributed by atoms with Crippen LogP contribution in [0.1, 0.15) is 11.1 Å². The van der Waals surface area contributed by atoms with Crippen LogP contribution in [0.15, 0.2) is 48.8 Å². The molecular weight excluding hydrogens is 250 g/mol. The molecule has 0 unspecified atom stereocenters. The second-order valence-electron chi connectivity index (χ2n) is 4.60. The zero-order valence-corrected chi connectivity index (χ0v) is 11.2. The number of rotatable bonds is 4. The van der Waals surface area contributed by atoms with Gasteiger partial charge in [-0.15, -0.1) is 0 Å². The first-order chi connectivity index (χ1) is 9.69. The number of nitriles is 1. The van der Waals surface area contributed by atoms with Crippen molar-refractivity contribution < 1.29 is 4.79 Å². The second kappa shape index (κ2) is 6.48. The molecule has 1 heterocycles. The van der Waals surface area contributed by atoms with Gasteiger partial charge in [0, 0.05) is 18.1 Å². The monoisotopic (exact) mass is 265 g/mol. The maximum Gasteiger partial charge on any atom is 0.242 e. The number of amides is 1. The standard InChI is InChI=1S/C16H15N3O/c1-12-4-6-15(7-5-12)19-16(20)14(10-17)9-13-3-2-8-18-11-13/h2-8,11,14H,9H2,1H3,(H,19,20)/t14-/m1/s1. The predicted octanol–water partition coefficient (Wildman–Crippen LogP) is 2.71. The molecule has 4 nitrogen and oxygen atoms in total. The number of aryl methyl sites for hydroxylation is 1. The fraction of sp³-hybridized carbons (Fsp3) is 0.188. The first kappa shape index (κ1) is 13.8. The van der Waals surface area contributed by atoms with Gasteiger partial charge in [0.05, 0.1) is 6.07 Å².